The zero-order valence-corrected chi connectivity index (χ0v) is 14.7. The van der Waals surface area contributed by atoms with Gasteiger partial charge < -0.3 is 10.2 Å². The Balaban J connectivity index is 2.35. The lowest BCUT2D eigenvalue weighted by Crippen LogP contribution is -2.25. The Kier molecular flexibility index (Phi) is 5.56. The fraction of sp³-hybridized carbons (Fsp3) is 0.438. The molecule has 1 atom stereocenters. The second-order valence-electron chi connectivity index (χ2n) is 5.54. The van der Waals surface area contributed by atoms with Crippen LogP contribution in [-0.4, -0.2) is 42.4 Å². The van der Waals surface area contributed by atoms with Gasteiger partial charge >= 0.3 is 0 Å². The molecule has 0 saturated heterocycles. The summed E-state index contributed by atoms with van der Waals surface area (Å²) in [6.45, 7) is 3.96. The van der Waals surface area contributed by atoms with E-state index in [4.69, 9.17) is 0 Å². The molecule has 1 aromatic carbocycles. The van der Waals surface area contributed by atoms with Gasteiger partial charge in [-0.25, -0.2) is 0 Å². The fourth-order valence-corrected chi connectivity index (χ4v) is 2.97. The van der Waals surface area contributed by atoms with Gasteiger partial charge in [-0.3, -0.25) is 4.68 Å². The van der Waals surface area contributed by atoms with Gasteiger partial charge in [0, 0.05) is 6.54 Å². The van der Waals surface area contributed by atoms with Crippen LogP contribution in [0.5, 0.6) is 0 Å². The van der Waals surface area contributed by atoms with Gasteiger partial charge in [-0.2, -0.15) is 5.10 Å². The van der Waals surface area contributed by atoms with Crippen molar-refractivity contribution in [3.8, 4) is 0 Å². The highest BCUT2D eigenvalue weighted by molar-refractivity contribution is 9.10. The lowest BCUT2D eigenvalue weighted by atomic mass is 10.0. The molecule has 5 heteroatoms. The van der Waals surface area contributed by atoms with Crippen LogP contribution >= 0.6 is 15.9 Å². The molecular weight excluding hydrogens is 328 g/mol. The van der Waals surface area contributed by atoms with Crippen LogP contribution in [0.25, 0.3) is 0 Å². The van der Waals surface area contributed by atoms with Gasteiger partial charge in [-0.1, -0.05) is 29.8 Å². The third-order valence-electron chi connectivity index (χ3n) is 3.53. The van der Waals surface area contributed by atoms with Crippen molar-refractivity contribution in [3.63, 3.8) is 0 Å². The van der Waals surface area contributed by atoms with Gasteiger partial charge in [0.05, 0.1) is 29.0 Å². The number of hydrogen-bond donors (Lipinski definition) is 1. The summed E-state index contributed by atoms with van der Waals surface area (Å²) in [6.07, 6.45) is 1.88. The van der Waals surface area contributed by atoms with Gasteiger partial charge in [0.15, 0.2) is 0 Å². The molecule has 0 bridgehead atoms. The molecular formula is C16H23BrN4. The van der Waals surface area contributed by atoms with E-state index in [1.807, 2.05) is 13.2 Å². The quantitative estimate of drug-likeness (QED) is 0.869. The third kappa shape index (κ3) is 3.93. The second-order valence-corrected chi connectivity index (χ2v) is 6.39. The van der Waals surface area contributed by atoms with Crippen LogP contribution in [0.3, 0.4) is 0 Å². The first-order valence-electron chi connectivity index (χ1n) is 7.12. The highest BCUT2D eigenvalue weighted by Gasteiger charge is 2.20. The number of halogens is 1. The van der Waals surface area contributed by atoms with E-state index in [1.54, 1.807) is 0 Å². The lowest BCUT2D eigenvalue weighted by molar-refractivity contribution is 0.366. The van der Waals surface area contributed by atoms with Gasteiger partial charge in [0.1, 0.15) is 0 Å². The molecule has 0 spiro atoms. The Bertz CT molecular complexity index is 592. The monoisotopic (exact) mass is 350 g/mol. The van der Waals surface area contributed by atoms with Crippen molar-refractivity contribution in [2.24, 2.45) is 0 Å². The SMILES string of the molecule is CNC(c1cccc(C)c1)c1c(Br)cnn1CCN(C)C. The number of nitrogens with zero attached hydrogens (tertiary/aromatic N) is 3. The number of hydrogen-bond acceptors (Lipinski definition) is 3. The second kappa shape index (κ2) is 7.20. The molecule has 2 rings (SSSR count). The van der Waals surface area contributed by atoms with Crippen molar-refractivity contribution < 1.29 is 0 Å². The molecule has 4 nitrogen and oxygen atoms in total. The molecule has 0 amide bonds. The van der Waals surface area contributed by atoms with Crippen LogP contribution in [0.2, 0.25) is 0 Å². The van der Waals surface area contributed by atoms with Crippen LogP contribution in [0, 0.1) is 6.92 Å². The molecule has 21 heavy (non-hydrogen) atoms. The Morgan fingerprint density at radius 1 is 1.38 bits per heavy atom. The predicted molar refractivity (Wildman–Crippen MR) is 90.6 cm³/mol. The highest BCUT2D eigenvalue weighted by Crippen LogP contribution is 2.28. The van der Waals surface area contributed by atoms with Gasteiger partial charge in [-0.15, -0.1) is 0 Å². The van der Waals surface area contributed by atoms with Crippen molar-refractivity contribution in [2.75, 3.05) is 27.7 Å². The number of aromatic nitrogens is 2. The molecule has 1 unspecified atom stereocenters. The van der Waals surface area contributed by atoms with E-state index in [-0.39, 0.29) is 6.04 Å². The lowest BCUT2D eigenvalue weighted by Gasteiger charge is -2.20. The summed E-state index contributed by atoms with van der Waals surface area (Å²) in [5, 5.41) is 7.92. The van der Waals surface area contributed by atoms with Crippen LogP contribution in [0.15, 0.2) is 34.9 Å². The zero-order valence-electron chi connectivity index (χ0n) is 13.1. The van der Waals surface area contributed by atoms with Crippen molar-refractivity contribution >= 4 is 15.9 Å². The van der Waals surface area contributed by atoms with Gasteiger partial charge in [0.25, 0.3) is 0 Å². The summed E-state index contributed by atoms with van der Waals surface area (Å²) >= 11 is 3.64. The van der Waals surface area contributed by atoms with Crippen LogP contribution in [0.4, 0.5) is 0 Å². The van der Waals surface area contributed by atoms with Crippen LogP contribution in [0.1, 0.15) is 22.9 Å². The number of nitrogens with one attached hydrogen (secondary N) is 1. The number of rotatable bonds is 6. The Labute approximate surface area is 135 Å². The largest absolute Gasteiger partial charge is 0.308 e. The molecule has 1 heterocycles. The molecule has 114 valence electrons. The average Bonchev–Trinajstić information content (AvgIpc) is 2.79. The normalized spacial score (nSPS) is 12.9. The molecule has 2 aromatic rings. The van der Waals surface area contributed by atoms with Crippen molar-refractivity contribution in [2.45, 2.75) is 19.5 Å². The molecule has 0 aliphatic heterocycles. The van der Waals surface area contributed by atoms with Gasteiger partial charge in [0.2, 0.25) is 0 Å². The molecule has 0 aliphatic carbocycles. The fourth-order valence-electron chi connectivity index (χ4n) is 2.44. The summed E-state index contributed by atoms with van der Waals surface area (Å²) in [7, 11) is 6.14. The van der Waals surface area contributed by atoms with Crippen molar-refractivity contribution in [1.29, 1.82) is 0 Å². The molecule has 1 N–H and O–H groups in total. The Hall–Kier alpha value is -1.17. The molecule has 0 saturated carbocycles. The summed E-state index contributed by atoms with van der Waals surface area (Å²) in [5.74, 6) is 0. The van der Waals surface area contributed by atoms with E-state index < -0.39 is 0 Å². The Morgan fingerprint density at radius 2 is 2.14 bits per heavy atom. The van der Waals surface area contributed by atoms with Crippen LogP contribution < -0.4 is 5.32 Å². The number of aryl methyl sites for hydroxylation is 1. The summed E-state index contributed by atoms with van der Waals surface area (Å²) in [4.78, 5) is 2.17. The van der Waals surface area contributed by atoms with Crippen molar-refractivity contribution in [3.05, 3.63) is 51.8 Å². The highest BCUT2D eigenvalue weighted by atomic mass is 79.9. The number of benzene rings is 1. The van der Waals surface area contributed by atoms with E-state index in [1.165, 1.54) is 16.8 Å². The summed E-state index contributed by atoms with van der Waals surface area (Å²) in [6, 6.07) is 8.72. The maximum Gasteiger partial charge on any atom is 0.0757 e. The minimum atomic E-state index is 0.129. The first-order valence-corrected chi connectivity index (χ1v) is 7.92. The zero-order chi connectivity index (χ0) is 15.4. The average molecular weight is 351 g/mol. The van der Waals surface area contributed by atoms with E-state index in [0.29, 0.717) is 0 Å². The number of likely N-dealkylation sites (N-methyl/N-ethyl adjacent to an activating group) is 1. The van der Waals surface area contributed by atoms with E-state index in [2.05, 4.69) is 81.2 Å². The summed E-state index contributed by atoms with van der Waals surface area (Å²) < 4.78 is 3.12. The maximum absolute atomic E-state index is 4.51. The smallest absolute Gasteiger partial charge is 0.0757 e. The molecule has 0 radical (unpaired) electrons. The predicted octanol–water partition coefficient (Wildman–Crippen LogP) is 2.82. The summed E-state index contributed by atoms with van der Waals surface area (Å²) in [5.41, 5.74) is 3.69. The standard InChI is InChI=1S/C16H23BrN4/c1-12-6-5-7-13(10-12)15(18-2)16-14(17)11-19-21(16)9-8-20(3)4/h5-7,10-11,15,18H,8-9H2,1-4H3. The van der Waals surface area contributed by atoms with E-state index >= 15 is 0 Å². The maximum atomic E-state index is 4.51. The van der Waals surface area contributed by atoms with Gasteiger partial charge in [-0.05, 0) is 49.6 Å². The molecule has 0 fully saturated rings. The van der Waals surface area contributed by atoms with E-state index in [9.17, 15) is 0 Å². The Morgan fingerprint density at radius 3 is 2.76 bits per heavy atom. The minimum absolute atomic E-state index is 0.129. The third-order valence-corrected chi connectivity index (χ3v) is 4.14. The first kappa shape index (κ1) is 16.2. The minimum Gasteiger partial charge on any atom is -0.308 e. The molecule has 0 aliphatic rings. The molecule has 1 aromatic heterocycles. The van der Waals surface area contributed by atoms with Crippen molar-refractivity contribution in [1.82, 2.24) is 20.0 Å². The first-order chi connectivity index (χ1) is 10.0. The van der Waals surface area contributed by atoms with Crippen LogP contribution in [-0.2, 0) is 6.54 Å². The topological polar surface area (TPSA) is 33.1 Å². The van der Waals surface area contributed by atoms with E-state index in [0.717, 1.165) is 17.6 Å².